The van der Waals surface area contributed by atoms with Gasteiger partial charge in [-0.2, -0.15) is 15.8 Å². The van der Waals surface area contributed by atoms with Gasteiger partial charge in [-0.05, 0) is 12.8 Å². The predicted octanol–water partition coefficient (Wildman–Crippen LogP) is 1.06. The minimum Gasteiger partial charge on any atom is -0.329 e. The summed E-state index contributed by atoms with van der Waals surface area (Å²) >= 11 is 0. The van der Waals surface area contributed by atoms with Crippen LogP contribution in [-0.4, -0.2) is 6.54 Å². The summed E-state index contributed by atoms with van der Waals surface area (Å²) in [5.41, 5.74) is 4.78. The standard InChI is InChI=1S/C9H12N4/c10-5-1-3-9(7-12,8-13)4-2-6-11/h1-4,7,12H2. The molecular formula is C9H12N4. The van der Waals surface area contributed by atoms with Gasteiger partial charge < -0.3 is 5.73 Å². The van der Waals surface area contributed by atoms with Crippen LogP contribution in [0.3, 0.4) is 0 Å². The Morgan fingerprint density at radius 3 is 1.69 bits per heavy atom. The van der Waals surface area contributed by atoms with Crippen LogP contribution in [0.15, 0.2) is 0 Å². The van der Waals surface area contributed by atoms with E-state index in [0.717, 1.165) is 0 Å². The van der Waals surface area contributed by atoms with E-state index in [4.69, 9.17) is 21.5 Å². The molecule has 0 aliphatic rings. The van der Waals surface area contributed by atoms with Crippen LogP contribution in [-0.2, 0) is 0 Å². The second kappa shape index (κ2) is 6.00. The van der Waals surface area contributed by atoms with Gasteiger partial charge in [-0.1, -0.05) is 0 Å². The molecule has 0 aliphatic carbocycles. The molecule has 0 atom stereocenters. The van der Waals surface area contributed by atoms with Crippen LogP contribution < -0.4 is 5.73 Å². The Hall–Kier alpha value is -1.57. The number of nitrogens with two attached hydrogens (primary N) is 1. The summed E-state index contributed by atoms with van der Waals surface area (Å²) < 4.78 is 0. The van der Waals surface area contributed by atoms with Gasteiger partial charge in [0.1, 0.15) is 0 Å². The minimum atomic E-state index is -0.675. The first-order valence-corrected chi connectivity index (χ1v) is 4.10. The summed E-state index contributed by atoms with van der Waals surface area (Å²) in [5, 5.41) is 25.6. The van der Waals surface area contributed by atoms with E-state index in [1.807, 2.05) is 12.1 Å². The van der Waals surface area contributed by atoms with E-state index in [0.29, 0.717) is 25.7 Å². The largest absolute Gasteiger partial charge is 0.329 e. The van der Waals surface area contributed by atoms with Crippen LogP contribution in [0, 0.1) is 39.4 Å². The third kappa shape index (κ3) is 3.56. The number of nitrogens with zero attached hydrogens (tertiary/aromatic N) is 3. The SMILES string of the molecule is N#CCCC(C#N)(CN)CCC#N. The molecule has 0 saturated carbocycles. The van der Waals surface area contributed by atoms with Crippen molar-refractivity contribution >= 4 is 0 Å². The molecule has 0 heterocycles. The van der Waals surface area contributed by atoms with Crippen LogP contribution in [0.2, 0.25) is 0 Å². The lowest BCUT2D eigenvalue weighted by Gasteiger charge is -2.21. The lowest BCUT2D eigenvalue weighted by molar-refractivity contribution is 0.354. The predicted molar refractivity (Wildman–Crippen MR) is 46.8 cm³/mol. The molecule has 0 aliphatic heterocycles. The molecule has 2 N–H and O–H groups in total. The molecule has 68 valence electrons. The first-order valence-electron chi connectivity index (χ1n) is 4.10. The van der Waals surface area contributed by atoms with E-state index in [9.17, 15) is 0 Å². The maximum Gasteiger partial charge on any atom is 0.0715 e. The molecule has 0 radical (unpaired) electrons. The molecule has 0 fully saturated rings. The van der Waals surface area contributed by atoms with Crippen LogP contribution in [0.4, 0.5) is 0 Å². The van der Waals surface area contributed by atoms with Gasteiger partial charge in [0, 0.05) is 19.4 Å². The van der Waals surface area contributed by atoms with Crippen LogP contribution >= 0.6 is 0 Å². The van der Waals surface area contributed by atoms with Crippen LogP contribution in [0.25, 0.3) is 0 Å². The first-order chi connectivity index (χ1) is 6.24. The maximum atomic E-state index is 8.88. The van der Waals surface area contributed by atoms with E-state index in [2.05, 4.69) is 6.07 Å². The maximum absolute atomic E-state index is 8.88. The number of hydrogen-bond donors (Lipinski definition) is 1. The van der Waals surface area contributed by atoms with Gasteiger partial charge in [-0.15, -0.1) is 0 Å². The molecule has 0 aromatic heterocycles. The lowest BCUT2D eigenvalue weighted by atomic mass is 9.81. The van der Waals surface area contributed by atoms with Gasteiger partial charge in [0.25, 0.3) is 0 Å². The summed E-state index contributed by atoms with van der Waals surface area (Å²) in [6.45, 7) is 0.215. The Morgan fingerprint density at radius 2 is 1.46 bits per heavy atom. The Labute approximate surface area is 78.2 Å². The zero-order chi connectivity index (χ0) is 10.2. The van der Waals surface area contributed by atoms with Crippen LogP contribution in [0.5, 0.6) is 0 Å². The van der Waals surface area contributed by atoms with Crippen molar-refractivity contribution in [2.75, 3.05) is 6.54 Å². The van der Waals surface area contributed by atoms with Crippen molar-refractivity contribution in [2.45, 2.75) is 25.7 Å². The highest BCUT2D eigenvalue weighted by atomic mass is 14.6. The minimum absolute atomic E-state index is 0.215. The molecule has 0 unspecified atom stereocenters. The Bertz CT molecular complexity index is 245. The summed E-state index contributed by atoms with van der Waals surface area (Å²) in [6.07, 6.45) is 1.54. The molecule has 0 saturated heterocycles. The normalized spacial score (nSPS) is 9.69. The van der Waals surface area contributed by atoms with Gasteiger partial charge in [0.05, 0.1) is 23.6 Å². The van der Waals surface area contributed by atoms with E-state index in [1.54, 1.807) is 0 Å². The number of nitriles is 3. The Balaban J connectivity index is 4.27. The summed E-state index contributed by atoms with van der Waals surface area (Å²) in [6, 6.07) is 6.06. The van der Waals surface area contributed by atoms with E-state index < -0.39 is 5.41 Å². The van der Waals surface area contributed by atoms with Gasteiger partial charge in [-0.3, -0.25) is 0 Å². The van der Waals surface area contributed by atoms with Gasteiger partial charge in [0.15, 0.2) is 0 Å². The molecule has 0 aromatic carbocycles. The quantitative estimate of drug-likeness (QED) is 0.677. The Morgan fingerprint density at radius 1 is 1.00 bits per heavy atom. The molecule has 4 nitrogen and oxygen atoms in total. The average molecular weight is 176 g/mol. The molecular weight excluding hydrogens is 164 g/mol. The molecule has 0 bridgehead atoms. The molecule has 0 aromatic rings. The fraction of sp³-hybridized carbons (Fsp3) is 0.667. The molecule has 0 spiro atoms. The smallest absolute Gasteiger partial charge is 0.0715 e. The first kappa shape index (κ1) is 11.4. The fourth-order valence-corrected chi connectivity index (χ4v) is 1.08. The van der Waals surface area contributed by atoms with Gasteiger partial charge in [0.2, 0.25) is 0 Å². The van der Waals surface area contributed by atoms with E-state index in [1.165, 1.54) is 0 Å². The third-order valence-electron chi connectivity index (χ3n) is 2.06. The average Bonchev–Trinajstić information content (AvgIpc) is 2.20. The van der Waals surface area contributed by atoms with E-state index >= 15 is 0 Å². The third-order valence-corrected chi connectivity index (χ3v) is 2.06. The van der Waals surface area contributed by atoms with Crippen molar-refractivity contribution in [1.29, 1.82) is 15.8 Å². The fourth-order valence-electron chi connectivity index (χ4n) is 1.08. The van der Waals surface area contributed by atoms with Crippen molar-refractivity contribution in [1.82, 2.24) is 0 Å². The molecule has 4 heteroatoms. The Kier molecular flexibility index (Phi) is 5.28. The molecule has 0 rings (SSSR count). The highest BCUT2D eigenvalue weighted by Gasteiger charge is 2.27. The number of hydrogen-bond acceptors (Lipinski definition) is 4. The second-order valence-corrected chi connectivity index (χ2v) is 2.91. The van der Waals surface area contributed by atoms with Gasteiger partial charge in [-0.25, -0.2) is 0 Å². The van der Waals surface area contributed by atoms with Crippen molar-refractivity contribution < 1.29 is 0 Å². The summed E-state index contributed by atoms with van der Waals surface area (Å²) in [4.78, 5) is 0. The second-order valence-electron chi connectivity index (χ2n) is 2.91. The lowest BCUT2D eigenvalue weighted by Crippen LogP contribution is -2.28. The summed E-state index contributed by atoms with van der Waals surface area (Å²) in [7, 11) is 0. The van der Waals surface area contributed by atoms with Crippen LogP contribution in [0.1, 0.15) is 25.7 Å². The van der Waals surface area contributed by atoms with Crippen molar-refractivity contribution in [3.05, 3.63) is 0 Å². The van der Waals surface area contributed by atoms with Crippen molar-refractivity contribution in [2.24, 2.45) is 11.1 Å². The topological polar surface area (TPSA) is 97.4 Å². The van der Waals surface area contributed by atoms with Crippen molar-refractivity contribution in [3.8, 4) is 18.2 Å². The molecule has 13 heavy (non-hydrogen) atoms. The highest BCUT2D eigenvalue weighted by molar-refractivity contribution is 5.02. The number of rotatable bonds is 5. The van der Waals surface area contributed by atoms with Gasteiger partial charge >= 0.3 is 0 Å². The summed E-state index contributed by atoms with van der Waals surface area (Å²) in [5.74, 6) is 0. The molecule has 0 amide bonds. The monoisotopic (exact) mass is 176 g/mol. The highest BCUT2D eigenvalue weighted by Crippen LogP contribution is 2.27. The zero-order valence-corrected chi connectivity index (χ0v) is 7.45. The zero-order valence-electron chi connectivity index (χ0n) is 7.45. The van der Waals surface area contributed by atoms with E-state index in [-0.39, 0.29) is 6.54 Å². The van der Waals surface area contributed by atoms with Crippen molar-refractivity contribution in [3.63, 3.8) is 0 Å².